The van der Waals surface area contributed by atoms with Crippen molar-refractivity contribution in [1.29, 1.82) is 0 Å². The van der Waals surface area contributed by atoms with E-state index >= 15 is 0 Å². The average molecular weight is 380 g/mol. The van der Waals surface area contributed by atoms with Crippen LogP contribution in [0.3, 0.4) is 0 Å². The second kappa shape index (κ2) is 10.2. The summed E-state index contributed by atoms with van der Waals surface area (Å²) in [5, 5.41) is 13.8. The number of urea groups is 1. The van der Waals surface area contributed by atoms with Gasteiger partial charge in [0.15, 0.2) is 0 Å². The number of nitrogens with one attached hydrogen (secondary N) is 2. The standard InChI is InChI=1S/C19H24N4O3.Na.H/c1-22(2)14-7-5-13(6-8-14)16-10-9-15(23(3)4)11-17(16)21-19(26)20-12-18(24)25;;/h5-11H,12H2,1-4H3,(H,24,25)(H2,20,21,26);;. The van der Waals surface area contributed by atoms with Gasteiger partial charge < -0.3 is 25.5 Å². The van der Waals surface area contributed by atoms with Gasteiger partial charge in [-0.1, -0.05) is 18.2 Å². The number of hydrogen-bond acceptors (Lipinski definition) is 4. The summed E-state index contributed by atoms with van der Waals surface area (Å²) in [5.74, 6) is -1.10. The van der Waals surface area contributed by atoms with Crippen LogP contribution in [-0.2, 0) is 4.79 Å². The van der Waals surface area contributed by atoms with E-state index < -0.39 is 18.5 Å². The Labute approximate surface area is 181 Å². The molecule has 0 heterocycles. The van der Waals surface area contributed by atoms with E-state index in [2.05, 4.69) is 10.6 Å². The molecule has 2 aromatic carbocycles. The van der Waals surface area contributed by atoms with E-state index in [4.69, 9.17) is 5.11 Å². The molecule has 0 unspecified atom stereocenters. The third kappa shape index (κ3) is 6.46. The molecule has 0 saturated heterocycles. The number of benzene rings is 2. The number of aliphatic carboxylic acids is 1. The molecule has 0 bridgehead atoms. The predicted octanol–water partition coefficient (Wildman–Crippen LogP) is 2.04. The monoisotopic (exact) mass is 380 g/mol. The average Bonchev–Trinajstić information content (AvgIpc) is 2.60. The molecule has 140 valence electrons. The van der Waals surface area contributed by atoms with Crippen LogP contribution in [0.4, 0.5) is 21.9 Å². The molecule has 2 amide bonds. The third-order valence-electron chi connectivity index (χ3n) is 3.86. The van der Waals surface area contributed by atoms with E-state index in [1.54, 1.807) is 0 Å². The van der Waals surface area contributed by atoms with Crippen LogP contribution in [0.15, 0.2) is 42.5 Å². The maximum atomic E-state index is 12.0. The van der Waals surface area contributed by atoms with Gasteiger partial charge in [-0.25, -0.2) is 4.79 Å². The number of hydrogen-bond donors (Lipinski definition) is 3. The number of rotatable bonds is 6. The van der Waals surface area contributed by atoms with Crippen molar-refractivity contribution < 1.29 is 14.7 Å². The topological polar surface area (TPSA) is 84.9 Å². The number of carbonyl (C=O) groups excluding carboxylic acids is 1. The summed E-state index contributed by atoms with van der Waals surface area (Å²) in [5.41, 5.74) is 4.41. The first kappa shape index (κ1) is 22.8. The number of amides is 2. The third-order valence-corrected chi connectivity index (χ3v) is 3.86. The van der Waals surface area contributed by atoms with Crippen LogP contribution < -0.4 is 20.4 Å². The predicted molar refractivity (Wildman–Crippen MR) is 112 cm³/mol. The molecule has 27 heavy (non-hydrogen) atoms. The van der Waals surface area contributed by atoms with Crippen LogP contribution in [0.1, 0.15) is 0 Å². The van der Waals surface area contributed by atoms with Gasteiger partial charge >= 0.3 is 41.6 Å². The number of anilines is 3. The van der Waals surface area contributed by atoms with E-state index in [1.807, 2.05) is 80.5 Å². The molecule has 0 radical (unpaired) electrons. The zero-order chi connectivity index (χ0) is 19.3. The Hall–Kier alpha value is -2.22. The minimum absolute atomic E-state index is 0. The molecule has 0 saturated carbocycles. The Bertz CT molecular complexity index is 792. The molecular weight excluding hydrogens is 355 g/mol. The van der Waals surface area contributed by atoms with Crippen molar-refractivity contribution in [2.24, 2.45) is 0 Å². The second-order valence-corrected chi connectivity index (χ2v) is 6.27. The maximum absolute atomic E-state index is 12.0. The Morgan fingerprint density at radius 1 is 0.926 bits per heavy atom. The van der Waals surface area contributed by atoms with Gasteiger partial charge in [-0.15, -0.1) is 0 Å². The number of carboxylic acids is 1. The van der Waals surface area contributed by atoms with Crippen molar-refractivity contribution in [2.45, 2.75) is 0 Å². The molecule has 8 heteroatoms. The summed E-state index contributed by atoms with van der Waals surface area (Å²) in [6, 6.07) is 13.2. The molecule has 3 N–H and O–H groups in total. The molecule has 2 aromatic rings. The molecule has 0 fully saturated rings. The van der Waals surface area contributed by atoms with E-state index in [0.717, 1.165) is 22.5 Å². The van der Waals surface area contributed by atoms with E-state index in [9.17, 15) is 9.59 Å². The van der Waals surface area contributed by atoms with Gasteiger partial charge in [-0.2, -0.15) is 0 Å². The summed E-state index contributed by atoms with van der Waals surface area (Å²) in [6.45, 7) is -0.438. The quantitative estimate of drug-likeness (QED) is 0.668. The van der Waals surface area contributed by atoms with Gasteiger partial charge in [0.1, 0.15) is 6.54 Å². The first-order valence-corrected chi connectivity index (χ1v) is 8.13. The molecule has 2 rings (SSSR count). The van der Waals surface area contributed by atoms with E-state index in [0.29, 0.717) is 5.69 Å². The first-order chi connectivity index (χ1) is 12.3. The fourth-order valence-corrected chi connectivity index (χ4v) is 2.43. The Morgan fingerprint density at radius 3 is 2.00 bits per heavy atom. The van der Waals surface area contributed by atoms with Gasteiger partial charge in [0.2, 0.25) is 0 Å². The summed E-state index contributed by atoms with van der Waals surface area (Å²) < 4.78 is 0. The molecule has 0 aliphatic rings. The van der Waals surface area contributed by atoms with Crippen LogP contribution in [0.25, 0.3) is 11.1 Å². The van der Waals surface area contributed by atoms with Crippen LogP contribution >= 0.6 is 0 Å². The Morgan fingerprint density at radius 2 is 1.48 bits per heavy atom. The van der Waals surface area contributed by atoms with Gasteiger partial charge in [0, 0.05) is 45.1 Å². The Balaban J connectivity index is 0.00000364. The molecule has 0 spiro atoms. The summed E-state index contributed by atoms with van der Waals surface area (Å²) >= 11 is 0. The SMILES string of the molecule is CN(C)c1ccc(-c2ccc(N(C)C)cc2NC(=O)NCC(=O)O)cc1.[NaH]. The van der Waals surface area contributed by atoms with Gasteiger partial charge in [0.05, 0.1) is 5.69 Å². The van der Waals surface area contributed by atoms with Crippen LogP contribution in [-0.4, -0.2) is 81.4 Å². The molecule has 7 nitrogen and oxygen atoms in total. The first-order valence-electron chi connectivity index (χ1n) is 8.13. The Kier molecular flexibility index (Phi) is 8.62. The van der Waals surface area contributed by atoms with Crippen molar-refractivity contribution >= 4 is 58.6 Å². The number of carbonyl (C=O) groups is 2. The van der Waals surface area contributed by atoms with Crippen LogP contribution in [0.5, 0.6) is 0 Å². The summed E-state index contributed by atoms with van der Waals surface area (Å²) in [4.78, 5) is 26.6. The molecular formula is C19H25N4NaO3. The minimum atomic E-state index is -1.10. The van der Waals surface area contributed by atoms with Crippen LogP contribution in [0.2, 0.25) is 0 Å². The summed E-state index contributed by atoms with van der Waals surface area (Å²) in [6.07, 6.45) is 0. The molecule has 0 aliphatic carbocycles. The van der Waals surface area contributed by atoms with Crippen molar-refractivity contribution in [1.82, 2.24) is 5.32 Å². The van der Waals surface area contributed by atoms with Crippen LogP contribution in [0, 0.1) is 0 Å². The second-order valence-electron chi connectivity index (χ2n) is 6.27. The molecule has 0 aromatic heterocycles. The van der Waals surface area contributed by atoms with E-state index in [-0.39, 0.29) is 29.6 Å². The molecule has 0 aliphatic heterocycles. The van der Waals surface area contributed by atoms with Crippen molar-refractivity contribution in [2.75, 3.05) is 49.9 Å². The number of carboxylic acid groups (broad SMARTS) is 1. The van der Waals surface area contributed by atoms with Crippen molar-refractivity contribution in [3.63, 3.8) is 0 Å². The van der Waals surface area contributed by atoms with Crippen molar-refractivity contribution in [3.05, 3.63) is 42.5 Å². The molecule has 0 atom stereocenters. The van der Waals surface area contributed by atoms with Gasteiger partial charge in [-0.05, 0) is 29.8 Å². The number of nitrogens with zero attached hydrogens (tertiary/aromatic N) is 2. The normalized spacial score (nSPS) is 9.78. The summed E-state index contributed by atoms with van der Waals surface area (Å²) in [7, 11) is 7.77. The van der Waals surface area contributed by atoms with Gasteiger partial charge in [-0.3, -0.25) is 4.79 Å². The van der Waals surface area contributed by atoms with Crippen molar-refractivity contribution in [3.8, 4) is 11.1 Å². The van der Waals surface area contributed by atoms with E-state index in [1.165, 1.54) is 0 Å². The fraction of sp³-hybridized carbons (Fsp3) is 0.263. The van der Waals surface area contributed by atoms with Gasteiger partial charge in [0.25, 0.3) is 0 Å². The zero-order valence-electron chi connectivity index (χ0n) is 15.4. The fourth-order valence-electron chi connectivity index (χ4n) is 2.43. The zero-order valence-corrected chi connectivity index (χ0v) is 15.4.